The van der Waals surface area contributed by atoms with Crippen molar-refractivity contribution >= 4 is 17.5 Å². The van der Waals surface area contributed by atoms with Crippen LogP contribution in [0, 0.1) is 12.7 Å². The summed E-state index contributed by atoms with van der Waals surface area (Å²) in [7, 11) is 0. The Hall–Kier alpha value is -2.96. The Balaban J connectivity index is 1.84. The van der Waals surface area contributed by atoms with Crippen molar-refractivity contribution in [2.45, 2.75) is 52.5 Å². The summed E-state index contributed by atoms with van der Waals surface area (Å²) >= 11 is 0. The summed E-state index contributed by atoms with van der Waals surface area (Å²) in [6.45, 7) is 7.53. The van der Waals surface area contributed by atoms with E-state index in [1.54, 1.807) is 0 Å². The zero-order valence-corrected chi connectivity index (χ0v) is 16.5. The summed E-state index contributed by atoms with van der Waals surface area (Å²) in [5.74, 6) is -0.118. The zero-order valence-electron chi connectivity index (χ0n) is 16.5. The first-order chi connectivity index (χ1) is 13.2. The molecule has 1 aromatic heterocycles. The van der Waals surface area contributed by atoms with Crippen LogP contribution in [-0.4, -0.2) is 23.1 Å². The number of nitrogens with one attached hydrogen (secondary N) is 2. The van der Waals surface area contributed by atoms with Gasteiger partial charge in [-0.2, -0.15) is 5.10 Å². The van der Waals surface area contributed by atoms with Crippen molar-refractivity contribution < 1.29 is 18.4 Å². The van der Waals surface area contributed by atoms with Gasteiger partial charge in [0.2, 0.25) is 0 Å². The molecule has 1 aromatic carbocycles. The van der Waals surface area contributed by atoms with E-state index in [9.17, 15) is 14.0 Å². The van der Waals surface area contributed by atoms with Gasteiger partial charge in [-0.05, 0) is 64.8 Å². The number of hydrogen-bond acceptors (Lipinski definition) is 4. The maximum Gasteiger partial charge on any atom is 0.287 e. The van der Waals surface area contributed by atoms with Gasteiger partial charge in [-0.25, -0.2) is 9.82 Å². The molecule has 2 aromatic rings. The van der Waals surface area contributed by atoms with Gasteiger partial charge in [-0.1, -0.05) is 0 Å². The van der Waals surface area contributed by atoms with E-state index >= 15 is 0 Å². The van der Waals surface area contributed by atoms with Crippen molar-refractivity contribution in [3.63, 3.8) is 0 Å². The van der Waals surface area contributed by atoms with Crippen LogP contribution in [0.1, 0.15) is 71.4 Å². The lowest BCUT2D eigenvalue weighted by molar-refractivity contribution is 0.0887. The Morgan fingerprint density at radius 2 is 1.79 bits per heavy atom. The van der Waals surface area contributed by atoms with Crippen molar-refractivity contribution in [3.8, 4) is 0 Å². The monoisotopic (exact) mass is 385 g/mol. The van der Waals surface area contributed by atoms with Crippen LogP contribution >= 0.6 is 0 Å². The van der Waals surface area contributed by atoms with Crippen LogP contribution < -0.4 is 10.7 Å². The average Bonchev–Trinajstić information content (AvgIpc) is 2.96. The topological polar surface area (TPSA) is 83.7 Å². The molecule has 148 valence electrons. The highest BCUT2D eigenvalue weighted by molar-refractivity contribution is 6.07. The molecule has 3 rings (SSSR count). The highest BCUT2D eigenvalue weighted by atomic mass is 19.1. The molecule has 1 heterocycles. The number of hydrogen-bond donors (Lipinski definition) is 2. The molecule has 0 saturated carbocycles. The first kappa shape index (κ1) is 19.8. The molecule has 0 saturated heterocycles. The number of carbonyl (C=O) groups excluding carboxylic acids is 2. The molecule has 6 nitrogen and oxygen atoms in total. The first-order valence-electron chi connectivity index (χ1n) is 9.23. The lowest BCUT2D eigenvalue weighted by Gasteiger charge is -2.19. The summed E-state index contributed by atoms with van der Waals surface area (Å²) in [4.78, 5) is 24.8. The second-order valence-electron chi connectivity index (χ2n) is 7.92. The Kier molecular flexibility index (Phi) is 5.36. The molecule has 1 aliphatic carbocycles. The Morgan fingerprint density at radius 1 is 1.11 bits per heavy atom. The number of furan rings is 1. The lowest BCUT2D eigenvalue weighted by atomic mass is 9.93. The quantitative estimate of drug-likeness (QED) is 0.790. The molecule has 0 spiro atoms. The van der Waals surface area contributed by atoms with Crippen LogP contribution in [0.2, 0.25) is 0 Å². The van der Waals surface area contributed by atoms with Gasteiger partial charge < -0.3 is 9.73 Å². The van der Waals surface area contributed by atoms with Gasteiger partial charge in [0.05, 0.1) is 5.71 Å². The fraction of sp³-hybridized carbons (Fsp3) is 0.381. The van der Waals surface area contributed by atoms with E-state index in [2.05, 4.69) is 15.8 Å². The zero-order chi connectivity index (χ0) is 20.5. The van der Waals surface area contributed by atoms with Gasteiger partial charge in [0.1, 0.15) is 11.6 Å². The smallest absolute Gasteiger partial charge is 0.287 e. The summed E-state index contributed by atoms with van der Waals surface area (Å²) < 4.78 is 18.8. The van der Waals surface area contributed by atoms with Gasteiger partial charge in [0, 0.05) is 28.7 Å². The van der Waals surface area contributed by atoms with Crippen molar-refractivity contribution in [1.82, 2.24) is 10.7 Å². The van der Waals surface area contributed by atoms with Crippen LogP contribution in [0.4, 0.5) is 4.39 Å². The van der Waals surface area contributed by atoms with Crippen LogP contribution in [-0.2, 0) is 6.42 Å². The van der Waals surface area contributed by atoms with Crippen LogP contribution in [0.15, 0.2) is 33.8 Å². The highest BCUT2D eigenvalue weighted by Crippen LogP contribution is 2.30. The standard InChI is InChI=1S/C21H24FN3O3/c1-12-17-15(24-25-19(26)13-8-10-14(22)11-9-13)6-5-7-16(17)28-18(12)20(27)23-21(2,3)4/h8-11H,5-7H2,1-4H3,(H,23,27)(H,25,26)/b24-15+. The minimum absolute atomic E-state index is 0.269. The molecule has 2 amide bonds. The predicted molar refractivity (Wildman–Crippen MR) is 104 cm³/mol. The number of aryl methyl sites for hydroxylation is 1. The van der Waals surface area contributed by atoms with Crippen LogP contribution in [0.5, 0.6) is 0 Å². The molecule has 2 N–H and O–H groups in total. The molecule has 1 aliphatic rings. The summed E-state index contributed by atoms with van der Waals surface area (Å²) in [5.41, 5.74) is 4.63. The summed E-state index contributed by atoms with van der Waals surface area (Å²) in [6.07, 6.45) is 2.19. The predicted octanol–water partition coefficient (Wildman–Crippen LogP) is 3.73. The second kappa shape index (κ2) is 7.58. The van der Waals surface area contributed by atoms with Crippen LogP contribution in [0.3, 0.4) is 0 Å². The number of rotatable bonds is 3. The molecule has 0 fully saturated rings. The minimum atomic E-state index is -0.425. The minimum Gasteiger partial charge on any atom is -0.455 e. The molecule has 0 bridgehead atoms. The number of nitrogens with zero attached hydrogens (tertiary/aromatic N) is 1. The molecule has 0 aliphatic heterocycles. The third kappa shape index (κ3) is 4.30. The van der Waals surface area contributed by atoms with Crippen LogP contribution in [0.25, 0.3) is 0 Å². The second-order valence-corrected chi connectivity index (χ2v) is 7.92. The number of benzene rings is 1. The number of carbonyl (C=O) groups is 2. The van der Waals surface area contributed by atoms with E-state index in [4.69, 9.17) is 4.42 Å². The molecular formula is C21H24FN3O3. The van der Waals surface area contributed by atoms with Gasteiger partial charge in [-0.15, -0.1) is 0 Å². The summed E-state index contributed by atoms with van der Waals surface area (Å²) in [6, 6.07) is 5.24. The maximum atomic E-state index is 13.0. The highest BCUT2D eigenvalue weighted by Gasteiger charge is 2.29. The van der Waals surface area contributed by atoms with Crippen molar-refractivity contribution in [2.75, 3.05) is 0 Å². The normalized spacial score (nSPS) is 15.2. The molecular weight excluding hydrogens is 361 g/mol. The van der Waals surface area contributed by atoms with E-state index < -0.39 is 11.7 Å². The van der Waals surface area contributed by atoms with E-state index in [-0.39, 0.29) is 17.2 Å². The molecule has 0 unspecified atom stereocenters. The number of amides is 2. The molecule has 0 radical (unpaired) electrons. The van der Waals surface area contributed by atoms with E-state index in [1.165, 1.54) is 24.3 Å². The Bertz CT molecular complexity index is 937. The average molecular weight is 385 g/mol. The molecule has 0 atom stereocenters. The molecule has 28 heavy (non-hydrogen) atoms. The lowest BCUT2D eigenvalue weighted by Crippen LogP contribution is -2.40. The SMILES string of the molecule is Cc1c(C(=O)NC(C)(C)C)oc2c1/C(=N/NC(=O)c1ccc(F)cc1)CCC2. The third-order valence-corrected chi connectivity index (χ3v) is 4.42. The van der Waals surface area contributed by atoms with Gasteiger partial charge in [0.25, 0.3) is 11.8 Å². The van der Waals surface area contributed by atoms with Crippen molar-refractivity contribution in [1.29, 1.82) is 0 Å². The Morgan fingerprint density at radius 3 is 2.43 bits per heavy atom. The number of fused-ring (bicyclic) bond motifs is 1. The van der Waals surface area contributed by atoms with E-state index in [0.29, 0.717) is 35.4 Å². The number of hydrazone groups is 1. The third-order valence-electron chi connectivity index (χ3n) is 4.42. The maximum absolute atomic E-state index is 13.0. The Labute approximate surface area is 163 Å². The van der Waals surface area contributed by atoms with Crippen molar-refractivity contribution in [2.24, 2.45) is 5.10 Å². The fourth-order valence-electron chi connectivity index (χ4n) is 3.18. The fourth-order valence-corrected chi connectivity index (χ4v) is 3.18. The van der Waals surface area contributed by atoms with Gasteiger partial charge >= 0.3 is 0 Å². The van der Waals surface area contributed by atoms with Gasteiger partial charge in [-0.3, -0.25) is 9.59 Å². The number of halogens is 1. The summed E-state index contributed by atoms with van der Waals surface area (Å²) in [5, 5.41) is 7.17. The van der Waals surface area contributed by atoms with Gasteiger partial charge in [0.15, 0.2) is 5.76 Å². The van der Waals surface area contributed by atoms with E-state index in [0.717, 1.165) is 12.0 Å². The largest absolute Gasteiger partial charge is 0.455 e. The van der Waals surface area contributed by atoms with E-state index in [1.807, 2.05) is 27.7 Å². The first-order valence-corrected chi connectivity index (χ1v) is 9.23. The molecule has 7 heteroatoms. The van der Waals surface area contributed by atoms with Crippen molar-refractivity contribution in [3.05, 3.63) is 58.3 Å².